The van der Waals surface area contributed by atoms with Gasteiger partial charge in [0.15, 0.2) is 5.76 Å². The zero-order valence-corrected chi connectivity index (χ0v) is 10.5. The Morgan fingerprint density at radius 2 is 2.05 bits per heavy atom. The summed E-state index contributed by atoms with van der Waals surface area (Å²) in [5, 5.41) is 11.4. The van der Waals surface area contributed by atoms with Crippen LogP contribution in [0.5, 0.6) is 0 Å². The highest BCUT2D eigenvalue weighted by Gasteiger charge is 1.99. The van der Waals surface area contributed by atoms with Crippen molar-refractivity contribution in [3.63, 3.8) is 0 Å². The van der Waals surface area contributed by atoms with Gasteiger partial charge in [-0.05, 0) is 24.5 Å². The van der Waals surface area contributed by atoms with Crippen LogP contribution in [-0.4, -0.2) is 11.4 Å². The van der Waals surface area contributed by atoms with Gasteiger partial charge in [0.25, 0.3) is 0 Å². The van der Waals surface area contributed by atoms with E-state index in [4.69, 9.17) is 9.62 Å². The Labute approximate surface area is 112 Å². The Balaban J connectivity index is 1.83. The van der Waals surface area contributed by atoms with Crippen molar-refractivity contribution in [1.29, 1.82) is 0 Å². The SMILES string of the molecule is O/N=C/c1occc1C#CCCCc1ccccc1. The average Bonchev–Trinajstić information content (AvgIpc) is 2.88. The van der Waals surface area contributed by atoms with Crippen LogP contribution in [-0.2, 0) is 6.42 Å². The number of oxime groups is 1. The van der Waals surface area contributed by atoms with E-state index in [1.165, 1.54) is 18.0 Å². The van der Waals surface area contributed by atoms with E-state index in [2.05, 4.69) is 29.1 Å². The topological polar surface area (TPSA) is 45.7 Å². The molecule has 0 fully saturated rings. The van der Waals surface area contributed by atoms with Crippen molar-refractivity contribution in [2.45, 2.75) is 19.3 Å². The van der Waals surface area contributed by atoms with Gasteiger partial charge in [-0.25, -0.2) is 0 Å². The van der Waals surface area contributed by atoms with Gasteiger partial charge in [-0.15, -0.1) is 0 Å². The van der Waals surface area contributed by atoms with Gasteiger partial charge in [0.1, 0.15) is 6.21 Å². The highest BCUT2D eigenvalue weighted by molar-refractivity contribution is 5.79. The first-order chi connectivity index (χ1) is 9.40. The van der Waals surface area contributed by atoms with Gasteiger partial charge in [0.2, 0.25) is 0 Å². The Morgan fingerprint density at radius 1 is 1.21 bits per heavy atom. The van der Waals surface area contributed by atoms with Crippen molar-refractivity contribution in [3.05, 3.63) is 59.5 Å². The van der Waals surface area contributed by atoms with Crippen molar-refractivity contribution < 1.29 is 9.62 Å². The smallest absolute Gasteiger partial charge is 0.163 e. The molecule has 2 rings (SSSR count). The highest BCUT2D eigenvalue weighted by Crippen LogP contribution is 2.07. The second kappa shape index (κ2) is 7.07. The van der Waals surface area contributed by atoms with E-state index in [1.54, 1.807) is 6.07 Å². The molecular weight excluding hydrogens is 238 g/mol. The molecule has 3 nitrogen and oxygen atoms in total. The molecule has 0 aliphatic heterocycles. The lowest BCUT2D eigenvalue weighted by atomic mass is 10.1. The monoisotopic (exact) mass is 253 g/mol. The molecule has 0 bridgehead atoms. The summed E-state index contributed by atoms with van der Waals surface area (Å²) in [5.74, 6) is 6.61. The molecule has 19 heavy (non-hydrogen) atoms. The molecule has 0 atom stereocenters. The molecule has 0 radical (unpaired) electrons. The van der Waals surface area contributed by atoms with E-state index < -0.39 is 0 Å². The van der Waals surface area contributed by atoms with Gasteiger partial charge in [-0.2, -0.15) is 0 Å². The lowest BCUT2D eigenvalue weighted by Crippen LogP contribution is -1.84. The van der Waals surface area contributed by atoms with Crippen molar-refractivity contribution >= 4 is 6.21 Å². The summed E-state index contributed by atoms with van der Waals surface area (Å²) in [6, 6.07) is 12.1. The molecule has 0 saturated heterocycles. The maximum Gasteiger partial charge on any atom is 0.163 e. The summed E-state index contributed by atoms with van der Waals surface area (Å²) in [6.45, 7) is 0. The summed E-state index contributed by atoms with van der Waals surface area (Å²) in [6.07, 6.45) is 5.67. The Kier molecular flexibility index (Phi) is 4.83. The quantitative estimate of drug-likeness (QED) is 0.298. The maximum absolute atomic E-state index is 8.46. The predicted molar refractivity (Wildman–Crippen MR) is 74.3 cm³/mol. The van der Waals surface area contributed by atoms with Gasteiger partial charge in [0.05, 0.1) is 11.8 Å². The molecule has 3 heteroatoms. The maximum atomic E-state index is 8.46. The first-order valence-electron chi connectivity index (χ1n) is 6.18. The van der Waals surface area contributed by atoms with Crippen LogP contribution in [0, 0.1) is 11.8 Å². The number of nitrogens with zero attached hydrogens (tertiary/aromatic N) is 1. The summed E-state index contributed by atoms with van der Waals surface area (Å²) in [5.41, 5.74) is 2.08. The molecule has 0 saturated carbocycles. The minimum absolute atomic E-state index is 0.484. The second-order valence-electron chi connectivity index (χ2n) is 4.08. The predicted octanol–water partition coefficient (Wildman–Crippen LogP) is 3.46. The lowest BCUT2D eigenvalue weighted by molar-refractivity contribution is 0.320. The number of unbranched alkanes of at least 4 members (excludes halogenated alkanes) is 1. The standard InChI is InChI=1S/C16H15NO2/c18-17-13-16-15(11-12-19-16)10-6-2-5-9-14-7-3-1-4-8-14/h1,3-4,7-8,11-13,18H,2,5,9H2/b17-13+. The van der Waals surface area contributed by atoms with Crippen molar-refractivity contribution in [3.8, 4) is 11.8 Å². The summed E-state index contributed by atoms with van der Waals surface area (Å²) >= 11 is 0. The third kappa shape index (κ3) is 4.04. The van der Waals surface area contributed by atoms with E-state index in [9.17, 15) is 0 Å². The van der Waals surface area contributed by atoms with Crippen LogP contribution in [0.15, 0.2) is 52.2 Å². The fourth-order valence-corrected chi connectivity index (χ4v) is 1.76. The van der Waals surface area contributed by atoms with Crippen LogP contribution in [0.25, 0.3) is 0 Å². The number of hydrogen-bond acceptors (Lipinski definition) is 3. The van der Waals surface area contributed by atoms with Gasteiger partial charge >= 0.3 is 0 Å². The van der Waals surface area contributed by atoms with E-state index in [0.717, 1.165) is 24.8 Å². The third-order valence-corrected chi connectivity index (χ3v) is 2.70. The lowest BCUT2D eigenvalue weighted by Gasteiger charge is -1.96. The largest absolute Gasteiger partial charge is 0.462 e. The normalized spacial score (nSPS) is 10.3. The minimum atomic E-state index is 0.484. The number of furan rings is 1. The first-order valence-corrected chi connectivity index (χ1v) is 6.18. The van der Waals surface area contributed by atoms with E-state index in [0.29, 0.717) is 5.76 Å². The van der Waals surface area contributed by atoms with Crippen LogP contribution in [0.1, 0.15) is 29.7 Å². The molecule has 0 spiro atoms. The van der Waals surface area contributed by atoms with Gasteiger partial charge in [-0.1, -0.05) is 47.3 Å². The molecule has 1 heterocycles. The summed E-state index contributed by atoms with van der Waals surface area (Å²) in [7, 11) is 0. The molecule has 1 aromatic heterocycles. The number of hydrogen-bond donors (Lipinski definition) is 1. The molecule has 2 aromatic rings. The van der Waals surface area contributed by atoms with Crippen molar-refractivity contribution in [1.82, 2.24) is 0 Å². The fourth-order valence-electron chi connectivity index (χ4n) is 1.76. The Bertz CT molecular complexity index is 588. The van der Waals surface area contributed by atoms with Crippen LogP contribution in [0.3, 0.4) is 0 Å². The van der Waals surface area contributed by atoms with Crippen LogP contribution >= 0.6 is 0 Å². The summed E-state index contributed by atoms with van der Waals surface area (Å²) in [4.78, 5) is 0. The number of benzene rings is 1. The molecule has 0 amide bonds. The van der Waals surface area contributed by atoms with Crippen LogP contribution in [0.4, 0.5) is 0 Å². The van der Waals surface area contributed by atoms with E-state index >= 15 is 0 Å². The van der Waals surface area contributed by atoms with Crippen molar-refractivity contribution in [2.75, 3.05) is 0 Å². The second-order valence-corrected chi connectivity index (χ2v) is 4.08. The Hall–Kier alpha value is -2.47. The average molecular weight is 253 g/mol. The molecule has 0 aliphatic rings. The highest BCUT2D eigenvalue weighted by atomic mass is 16.4. The molecule has 0 aliphatic carbocycles. The Morgan fingerprint density at radius 3 is 2.84 bits per heavy atom. The number of aryl methyl sites for hydroxylation is 1. The molecule has 1 N–H and O–H groups in total. The van der Waals surface area contributed by atoms with E-state index in [1.807, 2.05) is 18.2 Å². The van der Waals surface area contributed by atoms with Crippen molar-refractivity contribution in [2.24, 2.45) is 5.16 Å². The zero-order chi connectivity index (χ0) is 13.3. The van der Waals surface area contributed by atoms with Gasteiger partial charge in [-0.3, -0.25) is 0 Å². The molecule has 0 unspecified atom stereocenters. The van der Waals surface area contributed by atoms with Crippen LogP contribution in [0.2, 0.25) is 0 Å². The molecule has 96 valence electrons. The third-order valence-electron chi connectivity index (χ3n) is 2.70. The van der Waals surface area contributed by atoms with E-state index in [-0.39, 0.29) is 0 Å². The number of rotatable bonds is 4. The minimum Gasteiger partial charge on any atom is -0.462 e. The first kappa shape index (κ1) is 13.0. The molecule has 1 aromatic carbocycles. The molecular formula is C16H15NO2. The van der Waals surface area contributed by atoms with Gasteiger partial charge < -0.3 is 9.62 Å². The van der Waals surface area contributed by atoms with Crippen LogP contribution < -0.4 is 0 Å². The summed E-state index contributed by atoms with van der Waals surface area (Å²) < 4.78 is 5.12. The zero-order valence-electron chi connectivity index (χ0n) is 10.5. The van der Waals surface area contributed by atoms with Gasteiger partial charge in [0, 0.05) is 6.42 Å². The fraction of sp³-hybridized carbons (Fsp3) is 0.188.